The third kappa shape index (κ3) is 2.97. The summed E-state index contributed by atoms with van der Waals surface area (Å²) in [4.78, 5) is 16.1. The van der Waals surface area contributed by atoms with Crippen LogP contribution in [0.1, 0.15) is 10.4 Å². The largest absolute Gasteiger partial charge is 0.497 e. The summed E-state index contributed by atoms with van der Waals surface area (Å²) in [5.74, 6) is 0.772. The molecular weight excluding hydrogens is 258 g/mol. The zero-order valence-corrected chi connectivity index (χ0v) is 11.2. The maximum atomic E-state index is 12.1. The molecule has 0 fully saturated rings. The molecule has 0 aliphatic rings. The standard InChI is InChI=1S/C14H15N3O3/c1-19-10-4-5-11(12(15)7-10)14(18)17-9-3-6-13(20-2)16-8-9/h3-8H,15H2,1-2H3,(H,17,18). The smallest absolute Gasteiger partial charge is 0.257 e. The van der Waals surface area contributed by atoms with E-state index < -0.39 is 0 Å². The van der Waals surface area contributed by atoms with Crippen molar-refractivity contribution in [2.24, 2.45) is 0 Å². The van der Waals surface area contributed by atoms with Gasteiger partial charge in [-0.05, 0) is 18.2 Å². The number of ether oxygens (including phenoxy) is 2. The Bertz CT molecular complexity index is 612. The van der Waals surface area contributed by atoms with Crippen LogP contribution in [-0.4, -0.2) is 25.1 Å². The predicted octanol–water partition coefficient (Wildman–Crippen LogP) is 1.93. The number of methoxy groups -OCH3 is 2. The second-order valence-corrected chi connectivity index (χ2v) is 4.00. The maximum absolute atomic E-state index is 12.1. The number of benzene rings is 1. The Morgan fingerprint density at radius 1 is 1.20 bits per heavy atom. The van der Waals surface area contributed by atoms with Crippen molar-refractivity contribution in [1.29, 1.82) is 0 Å². The van der Waals surface area contributed by atoms with Gasteiger partial charge in [0.2, 0.25) is 5.88 Å². The van der Waals surface area contributed by atoms with Crippen molar-refractivity contribution < 1.29 is 14.3 Å². The summed E-state index contributed by atoms with van der Waals surface area (Å²) in [7, 11) is 3.07. The number of carbonyl (C=O) groups excluding carboxylic acids is 1. The molecule has 0 radical (unpaired) electrons. The van der Waals surface area contributed by atoms with Crippen LogP contribution < -0.4 is 20.5 Å². The second kappa shape index (κ2) is 5.92. The first-order valence-corrected chi connectivity index (χ1v) is 5.89. The average Bonchev–Trinajstić information content (AvgIpc) is 2.47. The van der Waals surface area contributed by atoms with Gasteiger partial charge >= 0.3 is 0 Å². The molecule has 1 heterocycles. The molecule has 0 unspecified atom stereocenters. The molecule has 0 saturated heterocycles. The molecule has 6 heteroatoms. The highest BCUT2D eigenvalue weighted by Crippen LogP contribution is 2.21. The first-order chi connectivity index (χ1) is 9.63. The average molecular weight is 273 g/mol. The number of rotatable bonds is 4. The quantitative estimate of drug-likeness (QED) is 0.831. The van der Waals surface area contributed by atoms with Gasteiger partial charge in [-0.2, -0.15) is 0 Å². The summed E-state index contributed by atoms with van der Waals surface area (Å²) in [6.07, 6.45) is 1.51. The number of aromatic nitrogens is 1. The normalized spacial score (nSPS) is 9.90. The van der Waals surface area contributed by atoms with Crippen molar-refractivity contribution in [2.45, 2.75) is 0 Å². The number of nitrogen functional groups attached to an aromatic ring is 1. The van der Waals surface area contributed by atoms with E-state index in [1.807, 2.05) is 0 Å². The third-order valence-electron chi connectivity index (χ3n) is 2.71. The van der Waals surface area contributed by atoms with E-state index in [9.17, 15) is 4.79 Å². The van der Waals surface area contributed by atoms with Crippen LogP contribution in [0.2, 0.25) is 0 Å². The number of anilines is 2. The van der Waals surface area contributed by atoms with Gasteiger partial charge in [-0.25, -0.2) is 4.98 Å². The number of hydrogen-bond acceptors (Lipinski definition) is 5. The zero-order chi connectivity index (χ0) is 14.5. The van der Waals surface area contributed by atoms with E-state index in [0.717, 1.165) is 0 Å². The molecule has 2 aromatic rings. The lowest BCUT2D eigenvalue weighted by molar-refractivity contribution is 0.102. The lowest BCUT2D eigenvalue weighted by atomic mass is 10.1. The highest BCUT2D eigenvalue weighted by Gasteiger charge is 2.11. The molecule has 0 atom stereocenters. The minimum absolute atomic E-state index is 0.308. The fourth-order valence-electron chi connectivity index (χ4n) is 1.65. The van der Waals surface area contributed by atoms with Gasteiger partial charge in [-0.15, -0.1) is 0 Å². The Morgan fingerprint density at radius 3 is 2.55 bits per heavy atom. The topological polar surface area (TPSA) is 86.5 Å². The lowest BCUT2D eigenvalue weighted by Gasteiger charge is -2.09. The van der Waals surface area contributed by atoms with Crippen LogP contribution in [-0.2, 0) is 0 Å². The molecule has 0 aliphatic heterocycles. The first kappa shape index (κ1) is 13.7. The Hall–Kier alpha value is -2.76. The molecule has 20 heavy (non-hydrogen) atoms. The number of amides is 1. The highest BCUT2D eigenvalue weighted by molar-refractivity contribution is 6.07. The van der Waals surface area contributed by atoms with E-state index in [2.05, 4.69) is 10.3 Å². The summed E-state index contributed by atoms with van der Waals surface area (Å²) < 4.78 is 9.98. The molecule has 1 aromatic heterocycles. The summed E-state index contributed by atoms with van der Waals surface area (Å²) in [6.45, 7) is 0. The van der Waals surface area contributed by atoms with Gasteiger partial charge in [0, 0.05) is 17.8 Å². The minimum atomic E-state index is -0.308. The zero-order valence-electron chi connectivity index (χ0n) is 11.2. The van der Waals surface area contributed by atoms with Crippen molar-refractivity contribution in [3.63, 3.8) is 0 Å². The second-order valence-electron chi connectivity index (χ2n) is 4.00. The monoisotopic (exact) mass is 273 g/mol. The Morgan fingerprint density at radius 2 is 2.00 bits per heavy atom. The molecule has 0 spiro atoms. The van der Waals surface area contributed by atoms with E-state index in [0.29, 0.717) is 28.6 Å². The van der Waals surface area contributed by atoms with Crippen LogP contribution in [0.5, 0.6) is 11.6 Å². The molecule has 1 amide bonds. The van der Waals surface area contributed by atoms with Crippen molar-refractivity contribution in [3.8, 4) is 11.6 Å². The van der Waals surface area contributed by atoms with E-state index in [1.54, 1.807) is 30.3 Å². The van der Waals surface area contributed by atoms with E-state index >= 15 is 0 Å². The lowest BCUT2D eigenvalue weighted by Crippen LogP contribution is -2.14. The maximum Gasteiger partial charge on any atom is 0.257 e. The number of nitrogens with zero attached hydrogens (tertiary/aromatic N) is 1. The SMILES string of the molecule is COc1ccc(C(=O)Nc2ccc(OC)nc2)c(N)c1. The summed E-state index contributed by atoms with van der Waals surface area (Å²) in [5, 5.41) is 2.71. The molecular formula is C14H15N3O3. The molecule has 3 N–H and O–H groups in total. The van der Waals surface area contributed by atoms with Gasteiger partial charge in [-0.3, -0.25) is 4.79 Å². The number of hydrogen-bond donors (Lipinski definition) is 2. The van der Waals surface area contributed by atoms with Crippen LogP contribution in [0, 0.1) is 0 Å². The number of pyridine rings is 1. The Labute approximate surface area is 116 Å². The third-order valence-corrected chi connectivity index (χ3v) is 2.71. The van der Waals surface area contributed by atoms with Crippen molar-refractivity contribution >= 4 is 17.3 Å². The highest BCUT2D eigenvalue weighted by atomic mass is 16.5. The van der Waals surface area contributed by atoms with Crippen LogP contribution in [0.4, 0.5) is 11.4 Å². The molecule has 6 nitrogen and oxygen atoms in total. The van der Waals surface area contributed by atoms with E-state index in [-0.39, 0.29) is 5.91 Å². The summed E-state index contributed by atoms with van der Waals surface area (Å²) >= 11 is 0. The minimum Gasteiger partial charge on any atom is -0.497 e. The van der Waals surface area contributed by atoms with Crippen LogP contribution in [0.15, 0.2) is 36.5 Å². The molecule has 1 aromatic carbocycles. The predicted molar refractivity (Wildman–Crippen MR) is 76.1 cm³/mol. The van der Waals surface area contributed by atoms with E-state index in [4.69, 9.17) is 15.2 Å². The van der Waals surface area contributed by atoms with Crippen LogP contribution >= 0.6 is 0 Å². The van der Waals surface area contributed by atoms with Gasteiger partial charge in [0.1, 0.15) is 5.75 Å². The number of nitrogens with two attached hydrogens (primary N) is 1. The molecule has 0 bridgehead atoms. The van der Waals surface area contributed by atoms with Gasteiger partial charge in [-0.1, -0.05) is 0 Å². The van der Waals surface area contributed by atoms with Crippen molar-refractivity contribution in [3.05, 3.63) is 42.1 Å². The molecule has 0 aliphatic carbocycles. The number of carbonyl (C=O) groups is 1. The van der Waals surface area contributed by atoms with Gasteiger partial charge < -0.3 is 20.5 Å². The van der Waals surface area contributed by atoms with E-state index in [1.165, 1.54) is 20.4 Å². The summed E-state index contributed by atoms with van der Waals surface area (Å²) in [5.41, 5.74) is 7.11. The van der Waals surface area contributed by atoms with Crippen LogP contribution in [0.25, 0.3) is 0 Å². The Balaban J connectivity index is 2.14. The first-order valence-electron chi connectivity index (χ1n) is 5.89. The van der Waals surface area contributed by atoms with Gasteiger partial charge in [0.25, 0.3) is 5.91 Å². The molecule has 0 saturated carbocycles. The van der Waals surface area contributed by atoms with Gasteiger partial charge in [0.15, 0.2) is 0 Å². The number of nitrogens with one attached hydrogen (secondary N) is 1. The van der Waals surface area contributed by atoms with Crippen molar-refractivity contribution in [1.82, 2.24) is 4.98 Å². The van der Waals surface area contributed by atoms with Crippen molar-refractivity contribution in [2.75, 3.05) is 25.3 Å². The van der Waals surface area contributed by atoms with Crippen LogP contribution in [0.3, 0.4) is 0 Å². The Kier molecular flexibility index (Phi) is 4.05. The fourth-order valence-corrected chi connectivity index (χ4v) is 1.65. The molecule has 104 valence electrons. The fraction of sp³-hybridized carbons (Fsp3) is 0.143. The summed E-state index contributed by atoms with van der Waals surface area (Å²) in [6, 6.07) is 8.25. The molecule has 2 rings (SSSR count). The van der Waals surface area contributed by atoms with Gasteiger partial charge in [0.05, 0.1) is 31.7 Å².